The lowest BCUT2D eigenvalue weighted by molar-refractivity contribution is -0.384. The number of nitrogens with zero attached hydrogens (tertiary/aromatic N) is 4. The third kappa shape index (κ3) is 7.04. The summed E-state index contributed by atoms with van der Waals surface area (Å²) in [6.45, 7) is 5.88. The van der Waals surface area contributed by atoms with Crippen molar-refractivity contribution in [2.45, 2.75) is 26.8 Å². The van der Waals surface area contributed by atoms with Crippen LogP contribution in [0.25, 0.3) is 34.3 Å². The number of carbonyl (C=O) groups is 1. The molecule has 0 unspecified atom stereocenters. The number of fused-ring (bicyclic) bond motifs is 1. The monoisotopic (exact) mass is 818 g/mol. The third-order valence-electron chi connectivity index (χ3n) is 9.15. The first-order valence-corrected chi connectivity index (χ1v) is 19.1. The Bertz CT molecular complexity index is 2650. The highest BCUT2D eigenvalue weighted by molar-refractivity contribution is 9.10. The number of methoxy groups -OCH3 is 1. The maximum atomic E-state index is 14.8. The molecule has 1 aliphatic heterocycles. The molecule has 6 aromatic rings. The summed E-state index contributed by atoms with van der Waals surface area (Å²) < 4.78 is 21.6. The van der Waals surface area contributed by atoms with E-state index in [1.54, 1.807) is 38.1 Å². The van der Waals surface area contributed by atoms with Crippen LogP contribution in [0.5, 0.6) is 11.5 Å². The van der Waals surface area contributed by atoms with Gasteiger partial charge in [-0.1, -0.05) is 87.9 Å². The average Bonchev–Trinajstić information content (AvgIpc) is 3.72. The van der Waals surface area contributed by atoms with Gasteiger partial charge >= 0.3 is 5.97 Å². The molecule has 11 nitrogen and oxygen atoms in total. The first kappa shape index (κ1) is 37.3. The van der Waals surface area contributed by atoms with Crippen molar-refractivity contribution in [1.82, 2.24) is 9.13 Å². The number of allylic oxidation sites excluding steroid dienone is 1. The number of nitro benzene ring substituents is 1. The van der Waals surface area contributed by atoms with Crippen molar-refractivity contribution >= 4 is 45.0 Å². The smallest absolute Gasteiger partial charge is 0.338 e. The van der Waals surface area contributed by atoms with Gasteiger partial charge in [-0.15, -0.1) is 0 Å². The molecule has 0 fully saturated rings. The molecule has 3 heterocycles. The number of non-ortho nitro benzene ring substituents is 1. The summed E-state index contributed by atoms with van der Waals surface area (Å²) in [5.41, 5.74) is 5.66. The van der Waals surface area contributed by atoms with Crippen LogP contribution in [0.3, 0.4) is 0 Å². The molecule has 0 radical (unpaired) electrons. The highest BCUT2D eigenvalue weighted by Crippen LogP contribution is 2.41. The van der Waals surface area contributed by atoms with Crippen molar-refractivity contribution in [1.29, 1.82) is 0 Å². The van der Waals surface area contributed by atoms with E-state index in [9.17, 15) is 19.7 Å². The summed E-state index contributed by atoms with van der Waals surface area (Å²) in [4.78, 5) is 44.8. The van der Waals surface area contributed by atoms with Crippen molar-refractivity contribution in [2.75, 3.05) is 20.3 Å². The Morgan fingerprint density at radius 2 is 1.62 bits per heavy atom. The van der Waals surface area contributed by atoms with Crippen LogP contribution in [0.4, 0.5) is 5.69 Å². The standard InChI is InChI=1S/C42H35BrN4O7S/c1-5-53-35-24-32(43)31(23-34(35)52-4)39-37(41(49)54-6-2)25(3)44-42-46(39)40(48)36(55-42)22-28-21-33(26-13-9-7-10-14-26)45(38(28)27-15-11-8-12-16-27)29-17-19-30(20-18-29)47(50)51/h7-24,39H,5-6H2,1-4H3/b36-22+/t39-/m0/s1. The van der Waals surface area contributed by atoms with Crippen molar-refractivity contribution < 1.29 is 23.9 Å². The fraction of sp³-hybridized carbons (Fsp3) is 0.167. The lowest BCUT2D eigenvalue weighted by atomic mass is 9.95. The summed E-state index contributed by atoms with van der Waals surface area (Å²) in [5.74, 6) is 0.363. The van der Waals surface area contributed by atoms with Crippen molar-refractivity contribution in [2.24, 2.45) is 4.99 Å². The molecule has 0 amide bonds. The number of ether oxygens (including phenoxy) is 3. The molecule has 278 valence electrons. The topological polar surface area (TPSA) is 127 Å². The molecule has 1 atom stereocenters. The van der Waals surface area contributed by atoms with Crippen LogP contribution in [0, 0.1) is 10.1 Å². The lowest BCUT2D eigenvalue weighted by Gasteiger charge is -2.26. The summed E-state index contributed by atoms with van der Waals surface area (Å²) >= 11 is 4.91. The van der Waals surface area contributed by atoms with E-state index in [0.717, 1.165) is 28.1 Å². The second kappa shape index (κ2) is 15.7. The van der Waals surface area contributed by atoms with Gasteiger partial charge in [0.05, 0.1) is 58.5 Å². The number of halogens is 1. The summed E-state index contributed by atoms with van der Waals surface area (Å²) in [6, 6.07) is 30.6. The normalized spacial score (nSPS) is 14.0. The van der Waals surface area contributed by atoms with Gasteiger partial charge in [0.1, 0.15) is 0 Å². The van der Waals surface area contributed by atoms with Gasteiger partial charge in [-0.2, -0.15) is 0 Å². The number of thiazole rings is 1. The molecule has 0 aliphatic carbocycles. The minimum atomic E-state index is -0.908. The summed E-state index contributed by atoms with van der Waals surface area (Å²) in [5, 5.41) is 11.6. The fourth-order valence-corrected chi connectivity index (χ4v) is 8.34. The fourth-order valence-electron chi connectivity index (χ4n) is 6.76. The second-order valence-electron chi connectivity index (χ2n) is 12.4. The van der Waals surface area contributed by atoms with Gasteiger partial charge in [0.2, 0.25) is 0 Å². The minimum Gasteiger partial charge on any atom is -0.493 e. The van der Waals surface area contributed by atoms with Crippen LogP contribution in [0.2, 0.25) is 0 Å². The number of carbonyl (C=O) groups excluding carboxylic acids is 1. The number of nitro groups is 1. The summed E-state index contributed by atoms with van der Waals surface area (Å²) in [7, 11) is 1.53. The molecule has 4 aromatic carbocycles. The SMILES string of the molecule is CCOC(=O)C1=C(C)N=c2s/c(=C/c3cc(-c4ccccc4)n(-c4ccc([N+](=O)[O-])cc4)c3-c3ccccc3)c(=O)n2[C@H]1c1cc(OC)c(OCC)cc1Br. The molecule has 0 saturated heterocycles. The molecule has 7 rings (SSSR count). The van der Waals surface area contributed by atoms with Crippen LogP contribution >= 0.6 is 27.3 Å². The Kier molecular flexibility index (Phi) is 10.7. The van der Waals surface area contributed by atoms with Crippen LogP contribution < -0.4 is 24.4 Å². The van der Waals surface area contributed by atoms with Crippen LogP contribution in [0.1, 0.15) is 37.9 Å². The van der Waals surface area contributed by atoms with E-state index >= 15 is 0 Å². The van der Waals surface area contributed by atoms with Crippen molar-refractivity contribution in [3.05, 3.63) is 160 Å². The van der Waals surface area contributed by atoms with Crippen LogP contribution in [-0.2, 0) is 9.53 Å². The maximum absolute atomic E-state index is 14.8. The highest BCUT2D eigenvalue weighted by Gasteiger charge is 2.35. The Morgan fingerprint density at radius 3 is 2.24 bits per heavy atom. The molecule has 1 aliphatic rings. The molecule has 0 saturated carbocycles. The van der Waals surface area contributed by atoms with Gasteiger partial charge in [-0.05, 0) is 73.9 Å². The van der Waals surface area contributed by atoms with Gasteiger partial charge < -0.3 is 18.8 Å². The molecule has 2 aromatic heterocycles. The van der Waals surface area contributed by atoms with Crippen molar-refractivity contribution in [3.8, 4) is 39.7 Å². The average molecular weight is 820 g/mol. The van der Waals surface area contributed by atoms with E-state index in [-0.39, 0.29) is 23.4 Å². The number of hydrogen-bond donors (Lipinski definition) is 0. The van der Waals surface area contributed by atoms with Crippen LogP contribution in [0.15, 0.2) is 129 Å². The zero-order valence-corrected chi connectivity index (χ0v) is 32.7. The Balaban J connectivity index is 1.51. The predicted octanol–water partition coefficient (Wildman–Crippen LogP) is 8.00. The molecule has 0 spiro atoms. The van der Waals surface area contributed by atoms with Gasteiger partial charge in [-0.25, -0.2) is 9.79 Å². The van der Waals surface area contributed by atoms with E-state index < -0.39 is 16.9 Å². The van der Waals surface area contributed by atoms with Crippen LogP contribution in [-0.4, -0.2) is 40.4 Å². The summed E-state index contributed by atoms with van der Waals surface area (Å²) in [6.07, 6.45) is 1.84. The van der Waals surface area contributed by atoms with E-state index in [0.29, 0.717) is 48.9 Å². The molecule has 0 N–H and O–H groups in total. The number of aromatic nitrogens is 2. The van der Waals surface area contributed by atoms with E-state index in [1.165, 1.54) is 35.1 Å². The van der Waals surface area contributed by atoms with Crippen molar-refractivity contribution in [3.63, 3.8) is 0 Å². The lowest BCUT2D eigenvalue weighted by Crippen LogP contribution is -2.40. The van der Waals surface area contributed by atoms with Gasteiger partial charge in [0, 0.05) is 27.9 Å². The third-order valence-corrected chi connectivity index (χ3v) is 10.8. The number of rotatable bonds is 11. The van der Waals surface area contributed by atoms with Gasteiger partial charge in [0.15, 0.2) is 16.3 Å². The van der Waals surface area contributed by atoms with Gasteiger partial charge in [0.25, 0.3) is 11.2 Å². The molecular formula is C42H35BrN4O7S. The zero-order valence-electron chi connectivity index (χ0n) is 30.3. The minimum absolute atomic E-state index is 0.0245. The quantitative estimate of drug-likeness (QED) is 0.0737. The number of esters is 1. The largest absolute Gasteiger partial charge is 0.493 e. The van der Waals surface area contributed by atoms with Gasteiger partial charge in [-0.3, -0.25) is 19.5 Å². The molecule has 13 heteroatoms. The molecular weight excluding hydrogens is 784 g/mol. The molecule has 55 heavy (non-hydrogen) atoms. The van der Waals surface area contributed by atoms with E-state index in [4.69, 9.17) is 19.2 Å². The van der Waals surface area contributed by atoms with E-state index in [2.05, 4.69) is 15.9 Å². The zero-order chi connectivity index (χ0) is 38.8. The first-order valence-electron chi connectivity index (χ1n) is 17.5. The number of hydrogen-bond acceptors (Lipinski definition) is 9. The first-order chi connectivity index (χ1) is 26.6. The Morgan fingerprint density at radius 1 is 0.945 bits per heavy atom. The number of benzene rings is 4. The predicted molar refractivity (Wildman–Crippen MR) is 216 cm³/mol. The molecule has 0 bridgehead atoms. The Labute approximate surface area is 328 Å². The highest BCUT2D eigenvalue weighted by atomic mass is 79.9. The second-order valence-corrected chi connectivity index (χ2v) is 14.3. The Hall–Kier alpha value is -6.05. The maximum Gasteiger partial charge on any atom is 0.338 e. The van der Waals surface area contributed by atoms with E-state index in [1.807, 2.05) is 84.3 Å².